The molecule has 0 amide bonds. The molecule has 0 aromatic carbocycles. The predicted octanol–water partition coefficient (Wildman–Crippen LogP) is 3.16. The fourth-order valence-corrected chi connectivity index (χ4v) is 3.81. The summed E-state index contributed by atoms with van der Waals surface area (Å²) in [6, 6.07) is 1.58. The average Bonchev–Trinajstić information content (AvgIpc) is 2.74. The second-order valence-corrected chi connectivity index (χ2v) is 6.36. The van der Waals surface area contributed by atoms with E-state index in [2.05, 4.69) is 21.7 Å². The zero-order valence-electron chi connectivity index (χ0n) is 13.1. The van der Waals surface area contributed by atoms with Crippen molar-refractivity contribution in [2.24, 2.45) is 5.92 Å². The number of aromatic nitrogens is 1. The first kappa shape index (κ1) is 16.2. The van der Waals surface area contributed by atoms with Crippen molar-refractivity contribution in [1.29, 1.82) is 0 Å². The molecule has 3 rings (SSSR count). The second kappa shape index (κ2) is 5.78. The number of alkyl halides is 3. The number of fused-ring (bicyclic) bond motifs is 2. The van der Waals surface area contributed by atoms with Crippen LogP contribution in [0.2, 0.25) is 0 Å². The second-order valence-electron chi connectivity index (χ2n) is 6.36. The number of rotatable bonds is 3. The molecule has 2 atom stereocenters. The van der Waals surface area contributed by atoms with Gasteiger partial charge in [-0.05, 0) is 38.8 Å². The van der Waals surface area contributed by atoms with Crippen LogP contribution in [-0.4, -0.2) is 41.9 Å². The maximum Gasteiger partial charge on any atom is 0.421 e. The van der Waals surface area contributed by atoms with Gasteiger partial charge in [-0.2, -0.15) is 13.2 Å². The van der Waals surface area contributed by atoms with Gasteiger partial charge in [-0.25, -0.2) is 4.98 Å². The minimum atomic E-state index is -4.60. The number of ether oxygens (including phenoxy) is 1. The van der Waals surface area contributed by atoms with Crippen molar-refractivity contribution in [2.75, 3.05) is 14.2 Å². The normalized spacial score (nSPS) is 28.0. The molecular weight excluding hydrogens is 309 g/mol. The summed E-state index contributed by atoms with van der Waals surface area (Å²) in [6.07, 6.45) is 0.120. The highest BCUT2D eigenvalue weighted by atomic mass is 19.4. The summed E-state index contributed by atoms with van der Waals surface area (Å²) in [5.41, 5.74) is -0.978. The first-order valence-electron chi connectivity index (χ1n) is 7.68. The topological polar surface area (TPSA) is 42.4 Å². The molecule has 2 unspecified atom stereocenters. The predicted molar refractivity (Wildman–Crippen MR) is 77.4 cm³/mol. The Morgan fingerprint density at radius 1 is 1.30 bits per heavy atom. The number of carbonyl (C=O) groups excluding carboxylic acids is 1. The van der Waals surface area contributed by atoms with E-state index in [9.17, 15) is 18.0 Å². The molecule has 2 saturated heterocycles. The van der Waals surface area contributed by atoms with E-state index in [-0.39, 0.29) is 17.3 Å². The molecule has 7 heteroatoms. The molecule has 1 aromatic rings. The van der Waals surface area contributed by atoms with Crippen molar-refractivity contribution in [2.45, 2.75) is 43.9 Å². The third-order valence-electron chi connectivity index (χ3n) is 5.10. The zero-order chi connectivity index (χ0) is 16.8. The van der Waals surface area contributed by atoms with Gasteiger partial charge in [0, 0.05) is 29.8 Å². The van der Waals surface area contributed by atoms with Gasteiger partial charge >= 0.3 is 6.18 Å². The molecule has 2 fully saturated rings. The van der Waals surface area contributed by atoms with E-state index in [0.717, 1.165) is 26.0 Å². The molecule has 0 saturated carbocycles. The molecule has 4 nitrogen and oxygen atoms in total. The van der Waals surface area contributed by atoms with Crippen molar-refractivity contribution in [1.82, 2.24) is 9.88 Å². The molecule has 126 valence electrons. The fraction of sp³-hybridized carbons (Fsp3) is 0.625. The third kappa shape index (κ3) is 2.94. The van der Waals surface area contributed by atoms with Gasteiger partial charge in [0.1, 0.15) is 5.56 Å². The Labute approximate surface area is 132 Å². The van der Waals surface area contributed by atoms with Crippen LogP contribution < -0.4 is 4.74 Å². The SMILES string of the molecule is COc1ncc(C(=O)C2CC3CCC(C2)N3C)cc1C(F)(F)F. The van der Waals surface area contributed by atoms with E-state index >= 15 is 0 Å². The van der Waals surface area contributed by atoms with Gasteiger partial charge in [0.25, 0.3) is 0 Å². The molecule has 1 aromatic heterocycles. The van der Waals surface area contributed by atoms with Crippen molar-refractivity contribution < 1.29 is 22.7 Å². The highest BCUT2D eigenvalue weighted by Gasteiger charge is 2.42. The van der Waals surface area contributed by atoms with E-state index < -0.39 is 17.6 Å². The van der Waals surface area contributed by atoms with Crippen LogP contribution in [0.1, 0.15) is 41.6 Å². The van der Waals surface area contributed by atoms with Crippen LogP contribution >= 0.6 is 0 Å². The van der Waals surface area contributed by atoms with E-state index in [1.54, 1.807) is 0 Å². The van der Waals surface area contributed by atoms with Crippen molar-refractivity contribution in [3.63, 3.8) is 0 Å². The average molecular weight is 328 g/mol. The number of hydrogen-bond acceptors (Lipinski definition) is 4. The number of pyridine rings is 1. The molecule has 3 heterocycles. The summed E-state index contributed by atoms with van der Waals surface area (Å²) in [7, 11) is 3.19. The number of nitrogens with zero attached hydrogens (tertiary/aromatic N) is 2. The lowest BCUT2D eigenvalue weighted by atomic mass is 9.85. The fourth-order valence-electron chi connectivity index (χ4n) is 3.81. The molecule has 0 aliphatic carbocycles. The molecule has 0 N–H and O–H groups in total. The van der Waals surface area contributed by atoms with Crippen molar-refractivity contribution in [3.8, 4) is 5.88 Å². The van der Waals surface area contributed by atoms with Gasteiger partial charge in [-0.3, -0.25) is 4.79 Å². The third-order valence-corrected chi connectivity index (χ3v) is 5.10. The zero-order valence-corrected chi connectivity index (χ0v) is 13.1. The number of methoxy groups -OCH3 is 1. The van der Waals surface area contributed by atoms with Crippen LogP contribution in [-0.2, 0) is 6.18 Å². The molecule has 2 bridgehead atoms. The summed E-state index contributed by atoms with van der Waals surface area (Å²) in [4.78, 5) is 18.6. The number of piperidine rings is 1. The Kier molecular flexibility index (Phi) is 4.08. The molecule has 2 aliphatic rings. The number of Topliss-reactive ketones (excluding diaryl/α,β-unsaturated/α-hetero) is 1. The molecule has 2 aliphatic heterocycles. The maximum atomic E-state index is 13.1. The molecule has 23 heavy (non-hydrogen) atoms. The Balaban J connectivity index is 1.86. The molecule has 0 spiro atoms. The Morgan fingerprint density at radius 3 is 2.43 bits per heavy atom. The summed E-state index contributed by atoms with van der Waals surface area (Å²) in [5, 5.41) is 0. The number of halogens is 3. The van der Waals surface area contributed by atoms with Crippen molar-refractivity contribution in [3.05, 3.63) is 23.4 Å². The summed E-state index contributed by atoms with van der Waals surface area (Å²) in [6.45, 7) is 0. The number of carbonyl (C=O) groups is 1. The van der Waals surface area contributed by atoms with E-state index in [1.807, 2.05) is 0 Å². The van der Waals surface area contributed by atoms with Crippen molar-refractivity contribution >= 4 is 5.78 Å². The Morgan fingerprint density at radius 2 is 1.91 bits per heavy atom. The van der Waals surface area contributed by atoms with Gasteiger partial charge in [0.2, 0.25) is 5.88 Å². The lowest BCUT2D eigenvalue weighted by Gasteiger charge is -2.35. The smallest absolute Gasteiger partial charge is 0.421 e. The first-order valence-corrected chi connectivity index (χ1v) is 7.68. The van der Waals surface area contributed by atoms with Gasteiger partial charge < -0.3 is 9.64 Å². The Bertz CT molecular complexity index is 604. The number of hydrogen-bond donors (Lipinski definition) is 0. The van der Waals surface area contributed by atoms with Crippen LogP contribution in [0, 0.1) is 5.92 Å². The van der Waals surface area contributed by atoms with Gasteiger partial charge in [-0.15, -0.1) is 0 Å². The van der Waals surface area contributed by atoms with Gasteiger partial charge in [-0.1, -0.05) is 0 Å². The van der Waals surface area contributed by atoms with Crippen LogP contribution in [0.15, 0.2) is 12.3 Å². The summed E-state index contributed by atoms with van der Waals surface area (Å²) >= 11 is 0. The lowest BCUT2D eigenvalue weighted by molar-refractivity contribution is -0.139. The first-order chi connectivity index (χ1) is 10.8. The minimum Gasteiger partial charge on any atom is -0.481 e. The standard InChI is InChI=1S/C16H19F3N2O2/c1-21-11-3-4-12(21)6-9(5-11)14(22)10-7-13(16(17,18)19)15(23-2)20-8-10/h7-9,11-12H,3-6H2,1-2H3. The van der Waals surface area contributed by atoms with Crippen LogP contribution in [0.5, 0.6) is 5.88 Å². The van der Waals surface area contributed by atoms with E-state index in [4.69, 9.17) is 0 Å². The quantitative estimate of drug-likeness (QED) is 0.800. The van der Waals surface area contributed by atoms with E-state index in [0.29, 0.717) is 24.9 Å². The summed E-state index contributed by atoms with van der Waals surface area (Å²) < 4.78 is 43.9. The number of ketones is 1. The van der Waals surface area contributed by atoms with Crippen LogP contribution in [0.3, 0.4) is 0 Å². The van der Waals surface area contributed by atoms with Crippen LogP contribution in [0.4, 0.5) is 13.2 Å². The highest BCUT2D eigenvalue weighted by Crippen LogP contribution is 2.40. The van der Waals surface area contributed by atoms with Gasteiger partial charge in [0.05, 0.1) is 7.11 Å². The van der Waals surface area contributed by atoms with E-state index in [1.165, 1.54) is 6.20 Å². The van der Waals surface area contributed by atoms with Crippen LogP contribution in [0.25, 0.3) is 0 Å². The maximum absolute atomic E-state index is 13.1. The van der Waals surface area contributed by atoms with Gasteiger partial charge in [0.15, 0.2) is 5.78 Å². The minimum absolute atomic E-state index is 0.0204. The monoisotopic (exact) mass is 328 g/mol. The largest absolute Gasteiger partial charge is 0.481 e. The molecule has 0 radical (unpaired) electrons. The molecular formula is C16H19F3N2O2. The Hall–Kier alpha value is -1.63. The summed E-state index contributed by atoms with van der Waals surface area (Å²) in [5.74, 6) is -0.965. The lowest BCUT2D eigenvalue weighted by Crippen LogP contribution is -2.42. The highest BCUT2D eigenvalue weighted by molar-refractivity contribution is 5.98.